The van der Waals surface area contributed by atoms with Crippen LogP contribution in [0.5, 0.6) is 11.5 Å². The fourth-order valence-electron chi connectivity index (χ4n) is 3.47. The molecule has 13 nitrogen and oxygen atoms in total. The number of aromatic amines is 1. The fourth-order valence-corrected chi connectivity index (χ4v) is 5.11. The van der Waals surface area contributed by atoms with Gasteiger partial charge < -0.3 is 14.8 Å². The molecule has 2 N–H and O–H groups in total. The van der Waals surface area contributed by atoms with E-state index in [0.717, 1.165) is 34.5 Å². The van der Waals surface area contributed by atoms with Crippen LogP contribution in [0.25, 0.3) is 6.08 Å². The van der Waals surface area contributed by atoms with Crippen LogP contribution in [-0.2, 0) is 4.79 Å². The number of hydrogen-bond acceptors (Lipinski definition) is 11. The van der Waals surface area contributed by atoms with Crippen LogP contribution in [0.15, 0.2) is 57.7 Å². The maximum absolute atomic E-state index is 12.7. The lowest BCUT2D eigenvalue weighted by molar-refractivity contribution is -0.387. The molecule has 1 aromatic heterocycles. The summed E-state index contributed by atoms with van der Waals surface area (Å²) in [5, 5.41) is 20.3. The van der Waals surface area contributed by atoms with Crippen molar-refractivity contribution in [3.8, 4) is 11.5 Å². The summed E-state index contributed by atoms with van der Waals surface area (Å²) >= 11 is 1.80. The topological polar surface area (TPSA) is 170 Å². The number of carbonyl (C=O) groups is 3. The second-order valence-corrected chi connectivity index (χ2v) is 9.56. The largest absolute Gasteiger partial charge is 0.454 e. The highest BCUT2D eigenvalue weighted by molar-refractivity contribution is 8.18. The Morgan fingerprint density at radius 1 is 1.24 bits per heavy atom. The van der Waals surface area contributed by atoms with Crippen molar-refractivity contribution in [2.45, 2.75) is 10.1 Å². The van der Waals surface area contributed by atoms with Crippen LogP contribution in [0, 0.1) is 10.1 Å². The average Bonchev–Trinajstić information content (AvgIpc) is 3.62. The number of hydrogen-bond donors (Lipinski definition) is 2. The van der Waals surface area contributed by atoms with Crippen molar-refractivity contribution in [3.05, 3.63) is 68.9 Å². The number of benzene rings is 2. The molecule has 0 radical (unpaired) electrons. The molecule has 0 spiro atoms. The van der Waals surface area contributed by atoms with Gasteiger partial charge in [-0.3, -0.25) is 34.5 Å². The van der Waals surface area contributed by atoms with Crippen molar-refractivity contribution in [2.75, 3.05) is 19.9 Å². The molecule has 0 aliphatic carbocycles. The van der Waals surface area contributed by atoms with E-state index in [-0.39, 0.29) is 40.9 Å². The van der Waals surface area contributed by atoms with Crippen LogP contribution in [0.2, 0.25) is 0 Å². The Balaban J connectivity index is 1.20. The Morgan fingerprint density at radius 3 is 2.86 bits per heavy atom. The second-order valence-electron chi connectivity index (χ2n) is 7.53. The number of aromatic nitrogens is 3. The minimum absolute atomic E-state index is 0.0312. The number of nitrogens with zero attached hydrogens (tertiary/aromatic N) is 4. The van der Waals surface area contributed by atoms with E-state index in [9.17, 15) is 24.5 Å². The molecular formula is C22H16N6O7S2. The van der Waals surface area contributed by atoms with E-state index in [0.29, 0.717) is 22.2 Å². The van der Waals surface area contributed by atoms with Crippen LogP contribution in [0.4, 0.5) is 10.5 Å². The lowest BCUT2D eigenvalue weighted by Crippen LogP contribution is -2.37. The standard InChI is InChI=1S/C22H16N6O7S2/c29-19(13-2-4-17(14(9-13)28(32)33)36-21-24-10-25-26-21)23-5-6-27-20(30)18(37-22(27)31)8-12-1-3-15-16(7-12)35-11-34-15/h1-4,7-10H,5-6,11H2,(H,23,29)(H,24,25,26)/b18-8-. The van der Waals surface area contributed by atoms with Crippen molar-refractivity contribution in [3.63, 3.8) is 0 Å². The summed E-state index contributed by atoms with van der Waals surface area (Å²) in [6.45, 7) is 0.0348. The lowest BCUT2D eigenvalue weighted by atomic mass is 10.2. The number of amides is 3. The molecular weight excluding hydrogens is 524 g/mol. The molecule has 0 bridgehead atoms. The predicted octanol–water partition coefficient (Wildman–Crippen LogP) is 3.06. The van der Waals surface area contributed by atoms with Crippen molar-refractivity contribution >= 4 is 52.3 Å². The van der Waals surface area contributed by atoms with Gasteiger partial charge in [0, 0.05) is 24.7 Å². The van der Waals surface area contributed by atoms with Gasteiger partial charge in [0.15, 0.2) is 16.7 Å². The van der Waals surface area contributed by atoms with E-state index in [2.05, 4.69) is 20.5 Å². The summed E-state index contributed by atoms with van der Waals surface area (Å²) in [6, 6.07) is 9.22. The number of ether oxygens (including phenoxy) is 2. The Morgan fingerprint density at radius 2 is 2.08 bits per heavy atom. The lowest BCUT2D eigenvalue weighted by Gasteiger charge is -2.13. The highest BCUT2D eigenvalue weighted by atomic mass is 32.2. The van der Waals surface area contributed by atoms with Crippen molar-refractivity contribution < 1.29 is 28.8 Å². The number of carbonyl (C=O) groups excluding carboxylic acids is 3. The number of thioether (sulfide) groups is 1. The number of fused-ring (bicyclic) bond motifs is 1. The van der Waals surface area contributed by atoms with Gasteiger partial charge in [-0.25, -0.2) is 4.98 Å². The zero-order valence-corrected chi connectivity index (χ0v) is 20.3. The first-order valence-electron chi connectivity index (χ1n) is 10.6. The first-order chi connectivity index (χ1) is 17.9. The van der Waals surface area contributed by atoms with Gasteiger partial charge in [0.25, 0.3) is 22.7 Å². The molecule has 0 atom stereocenters. The SMILES string of the molecule is O=C(NCCN1C(=O)S/C(=C\c2ccc3c(c2)OCO3)C1=O)c1ccc(Sc2ncn[nH]2)c([N+](=O)[O-])c1. The molecule has 0 unspecified atom stereocenters. The van der Waals surface area contributed by atoms with Crippen molar-refractivity contribution in [2.24, 2.45) is 0 Å². The summed E-state index contributed by atoms with van der Waals surface area (Å²) in [7, 11) is 0. The highest BCUT2D eigenvalue weighted by Crippen LogP contribution is 2.36. The zero-order valence-electron chi connectivity index (χ0n) is 18.7. The summed E-state index contributed by atoms with van der Waals surface area (Å²) < 4.78 is 10.6. The first-order valence-corrected chi connectivity index (χ1v) is 12.3. The average molecular weight is 541 g/mol. The van der Waals surface area contributed by atoms with Gasteiger partial charge in [0.1, 0.15) is 6.33 Å². The summed E-state index contributed by atoms with van der Waals surface area (Å²) in [6.07, 6.45) is 2.86. The van der Waals surface area contributed by atoms with Crippen LogP contribution >= 0.6 is 23.5 Å². The van der Waals surface area contributed by atoms with E-state index in [1.54, 1.807) is 24.3 Å². The molecule has 3 amide bonds. The molecule has 2 aromatic carbocycles. The maximum atomic E-state index is 12.7. The molecule has 2 aliphatic heterocycles. The number of rotatable bonds is 8. The number of imide groups is 1. The summed E-state index contributed by atoms with van der Waals surface area (Å²) in [5.74, 6) is 0.101. The third kappa shape index (κ3) is 5.26. The number of nitrogens with one attached hydrogen (secondary N) is 2. The molecule has 3 heterocycles. The van der Waals surface area contributed by atoms with Crippen molar-refractivity contribution in [1.82, 2.24) is 25.4 Å². The minimum Gasteiger partial charge on any atom is -0.454 e. The minimum atomic E-state index is -0.595. The molecule has 2 aliphatic rings. The van der Waals surface area contributed by atoms with Gasteiger partial charge >= 0.3 is 0 Å². The smallest absolute Gasteiger partial charge is 0.293 e. The first kappa shape index (κ1) is 24.3. The quantitative estimate of drug-likeness (QED) is 0.244. The highest BCUT2D eigenvalue weighted by Gasteiger charge is 2.34. The Kier molecular flexibility index (Phi) is 6.78. The molecule has 15 heteroatoms. The van der Waals surface area contributed by atoms with Gasteiger partial charge in [-0.2, -0.15) is 5.10 Å². The fraction of sp³-hybridized carbons (Fsp3) is 0.136. The van der Waals surface area contributed by atoms with E-state index < -0.39 is 22.0 Å². The maximum Gasteiger partial charge on any atom is 0.293 e. The predicted molar refractivity (Wildman–Crippen MR) is 131 cm³/mol. The monoisotopic (exact) mass is 540 g/mol. The van der Waals surface area contributed by atoms with Crippen LogP contribution in [0.1, 0.15) is 15.9 Å². The third-order valence-electron chi connectivity index (χ3n) is 5.21. The van der Waals surface area contributed by atoms with Gasteiger partial charge in [-0.05, 0) is 59.4 Å². The Hall–Kier alpha value is -4.37. The second kappa shape index (κ2) is 10.3. The molecule has 3 aromatic rings. The van der Waals surface area contributed by atoms with Crippen LogP contribution in [-0.4, -0.2) is 61.9 Å². The molecule has 5 rings (SSSR count). The molecule has 37 heavy (non-hydrogen) atoms. The number of H-pyrrole nitrogens is 1. The van der Waals surface area contributed by atoms with Gasteiger partial charge in [-0.15, -0.1) is 0 Å². The third-order valence-corrected chi connectivity index (χ3v) is 7.07. The summed E-state index contributed by atoms with van der Waals surface area (Å²) in [4.78, 5) is 54.1. The van der Waals surface area contributed by atoms with Gasteiger partial charge in [-0.1, -0.05) is 6.07 Å². The van der Waals surface area contributed by atoms with E-state index in [1.165, 1.54) is 18.5 Å². The molecule has 1 fully saturated rings. The zero-order chi connectivity index (χ0) is 25.9. The Labute approximate surface area is 216 Å². The van der Waals surface area contributed by atoms with Crippen molar-refractivity contribution in [1.29, 1.82) is 0 Å². The molecule has 0 saturated carbocycles. The van der Waals surface area contributed by atoms with E-state index in [4.69, 9.17) is 9.47 Å². The Bertz CT molecular complexity index is 1440. The summed E-state index contributed by atoms with van der Waals surface area (Å²) in [5.41, 5.74) is 0.466. The number of nitro benzene ring substituents is 1. The van der Waals surface area contributed by atoms with Crippen LogP contribution in [0.3, 0.4) is 0 Å². The van der Waals surface area contributed by atoms with Gasteiger partial charge in [0.05, 0.1) is 14.7 Å². The van der Waals surface area contributed by atoms with E-state index in [1.807, 2.05) is 0 Å². The van der Waals surface area contributed by atoms with Gasteiger partial charge in [0.2, 0.25) is 6.79 Å². The van der Waals surface area contributed by atoms with E-state index >= 15 is 0 Å². The molecule has 1 saturated heterocycles. The molecule has 188 valence electrons. The normalized spacial score (nSPS) is 15.5. The van der Waals surface area contributed by atoms with Crippen LogP contribution < -0.4 is 14.8 Å². The number of nitro groups is 1.